The zero-order chi connectivity index (χ0) is 23.8. The zero-order valence-corrected chi connectivity index (χ0v) is 21.9. The first-order chi connectivity index (χ1) is 15.5. The molecule has 1 N–H and O–H groups in total. The SMILES string of the molecule is CC(=O)O[C@H]1CC[C@]2(C)[C@H]3CC[C@]4(C)[C@@H]([C@H](C)CCCC(C)C)CC[C@H]4[C@@H]3[C@@H](O)[C@H]3O[C@]32C1. The Morgan fingerprint density at radius 3 is 2.52 bits per heavy atom. The molecule has 4 aliphatic carbocycles. The molecule has 1 saturated heterocycles. The summed E-state index contributed by atoms with van der Waals surface area (Å²) in [7, 11) is 0. The molecular weight excluding hydrogens is 412 g/mol. The van der Waals surface area contributed by atoms with E-state index in [1.54, 1.807) is 0 Å². The van der Waals surface area contributed by atoms with Gasteiger partial charge in [-0.25, -0.2) is 0 Å². The van der Waals surface area contributed by atoms with Crippen LogP contribution in [0.4, 0.5) is 0 Å². The minimum absolute atomic E-state index is 0.0549. The van der Waals surface area contributed by atoms with Crippen molar-refractivity contribution in [3.8, 4) is 0 Å². The summed E-state index contributed by atoms with van der Waals surface area (Å²) in [5.41, 5.74) is 0.182. The number of esters is 1. The van der Waals surface area contributed by atoms with Crippen LogP contribution in [-0.4, -0.2) is 35.0 Å². The molecule has 188 valence electrons. The third kappa shape index (κ3) is 3.55. The molecule has 1 spiro atoms. The smallest absolute Gasteiger partial charge is 0.302 e. The maximum atomic E-state index is 11.7. The number of carbonyl (C=O) groups is 1. The van der Waals surface area contributed by atoms with Crippen LogP contribution in [0.15, 0.2) is 0 Å². The van der Waals surface area contributed by atoms with Crippen LogP contribution in [0.1, 0.15) is 106 Å². The molecule has 11 atom stereocenters. The number of hydrogen-bond acceptors (Lipinski definition) is 4. The van der Waals surface area contributed by atoms with Gasteiger partial charge in [0.05, 0.1) is 6.10 Å². The van der Waals surface area contributed by atoms with Gasteiger partial charge in [-0.2, -0.15) is 0 Å². The molecule has 1 heterocycles. The Labute approximate surface area is 201 Å². The summed E-state index contributed by atoms with van der Waals surface area (Å²) in [5.74, 6) is 3.69. The Balaban J connectivity index is 1.34. The minimum Gasteiger partial charge on any atom is -0.462 e. The van der Waals surface area contributed by atoms with Crippen molar-refractivity contribution in [3.05, 3.63) is 0 Å². The molecule has 0 aromatic heterocycles. The lowest BCUT2D eigenvalue weighted by Crippen LogP contribution is -2.63. The molecule has 4 saturated carbocycles. The lowest BCUT2D eigenvalue weighted by atomic mass is 9.43. The van der Waals surface area contributed by atoms with E-state index < -0.39 is 0 Å². The van der Waals surface area contributed by atoms with Gasteiger partial charge in [-0.1, -0.05) is 53.9 Å². The highest BCUT2D eigenvalue weighted by Gasteiger charge is 2.79. The molecule has 0 radical (unpaired) electrons. The molecule has 0 unspecified atom stereocenters. The first-order valence-corrected chi connectivity index (χ1v) is 14.1. The number of ether oxygens (including phenoxy) is 2. The Bertz CT molecular complexity index is 765. The monoisotopic (exact) mass is 460 g/mol. The number of fused-ring (bicyclic) bond motifs is 4. The van der Waals surface area contributed by atoms with Crippen LogP contribution in [0.5, 0.6) is 0 Å². The van der Waals surface area contributed by atoms with Gasteiger partial charge in [-0.15, -0.1) is 0 Å². The molecule has 33 heavy (non-hydrogen) atoms. The summed E-state index contributed by atoms with van der Waals surface area (Å²) in [5, 5.41) is 11.7. The molecule has 1 aliphatic heterocycles. The summed E-state index contributed by atoms with van der Waals surface area (Å²) < 4.78 is 12.1. The average Bonchev–Trinajstić information content (AvgIpc) is 3.35. The van der Waals surface area contributed by atoms with Gasteiger partial charge in [-0.05, 0) is 79.4 Å². The van der Waals surface area contributed by atoms with Crippen LogP contribution in [0.3, 0.4) is 0 Å². The molecule has 0 aromatic carbocycles. The van der Waals surface area contributed by atoms with E-state index in [1.807, 2.05) is 0 Å². The van der Waals surface area contributed by atoms with Crippen molar-refractivity contribution in [1.82, 2.24) is 0 Å². The summed E-state index contributed by atoms with van der Waals surface area (Å²) in [4.78, 5) is 11.6. The fourth-order valence-corrected chi connectivity index (χ4v) is 9.98. The quantitative estimate of drug-likeness (QED) is 0.382. The maximum Gasteiger partial charge on any atom is 0.302 e. The van der Waals surface area contributed by atoms with Gasteiger partial charge in [0.2, 0.25) is 0 Å². The molecule has 5 aliphatic rings. The summed E-state index contributed by atoms with van der Waals surface area (Å²) in [6.07, 6.45) is 11.5. The van der Waals surface area contributed by atoms with Crippen molar-refractivity contribution in [3.63, 3.8) is 0 Å². The second-order valence-corrected chi connectivity index (χ2v) is 13.6. The fourth-order valence-electron chi connectivity index (χ4n) is 9.98. The third-order valence-corrected chi connectivity index (χ3v) is 11.6. The van der Waals surface area contributed by atoms with E-state index >= 15 is 0 Å². The normalized spacial score (nSPS) is 51.2. The highest BCUT2D eigenvalue weighted by molar-refractivity contribution is 5.66. The number of hydrogen-bond donors (Lipinski definition) is 1. The second kappa shape index (κ2) is 8.22. The number of carbonyl (C=O) groups excluding carboxylic acids is 1. The molecular formula is C29H48O4. The highest BCUT2D eigenvalue weighted by Crippen LogP contribution is 2.74. The molecule has 5 fully saturated rings. The molecule has 4 nitrogen and oxygen atoms in total. The van der Waals surface area contributed by atoms with Gasteiger partial charge in [0, 0.05) is 18.8 Å². The van der Waals surface area contributed by atoms with Crippen LogP contribution < -0.4 is 0 Å². The second-order valence-electron chi connectivity index (χ2n) is 13.6. The van der Waals surface area contributed by atoms with E-state index in [2.05, 4.69) is 34.6 Å². The van der Waals surface area contributed by atoms with Crippen molar-refractivity contribution >= 4 is 5.97 Å². The predicted octanol–water partition coefficient (Wildman–Crippen LogP) is 6.14. The van der Waals surface area contributed by atoms with Gasteiger partial charge in [0.1, 0.15) is 17.8 Å². The van der Waals surface area contributed by atoms with E-state index in [4.69, 9.17) is 9.47 Å². The van der Waals surface area contributed by atoms with Crippen LogP contribution in [0.2, 0.25) is 0 Å². The molecule has 0 aromatic rings. The Morgan fingerprint density at radius 2 is 1.82 bits per heavy atom. The number of aliphatic hydroxyl groups excluding tert-OH is 1. The maximum absolute atomic E-state index is 11.7. The standard InChI is InChI=1S/C29H48O4/c1-17(2)8-7-9-18(3)21-10-11-22-24-23(13-14-27(21,22)5)28(6)15-12-20(32-19(4)30)16-29(28)26(33-29)25(24)31/h17-18,20-26,31H,7-16H2,1-6H3/t18-,20+,21-,22+,23+,24+,25-,26-,27-,28-,29-/m1/s1. The van der Waals surface area contributed by atoms with Gasteiger partial charge >= 0.3 is 5.97 Å². The van der Waals surface area contributed by atoms with E-state index in [0.717, 1.165) is 37.0 Å². The van der Waals surface area contributed by atoms with E-state index in [0.29, 0.717) is 23.2 Å². The zero-order valence-electron chi connectivity index (χ0n) is 21.9. The molecule has 4 heteroatoms. The van der Waals surface area contributed by atoms with Gasteiger partial charge < -0.3 is 14.6 Å². The topological polar surface area (TPSA) is 59.1 Å². The first kappa shape index (κ1) is 24.1. The lowest BCUT2D eigenvalue weighted by Gasteiger charge is -2.60. The van der Waals surface area contributed by atoms with Crippen molar-refractivity contribution in [2.24, 2.45) is 46.3 Å². The van der Waals surface area contributed by atoms with Crippen molar-refractivity contribution in [2.45, 2.75) is 130 Å². The third-order valence-electron chi connectivity index (χ3n) is 11.6. The van der Waals surface area contributed by atoms with E-state index in [-0.39, 0.29) is 35.3 Å². The largest absolute Gasteiger partial charge is 0.462 e. The number of epoxide rings is 1. The predicted molar refractivity (Wildman–Crippen MR) is 130 cm³/mol. The van der Waals surface area contributed by atoms with E-state index in [1.165, 1.54) is 51.9 Å². The van der Waals surface area contributed by atoms with Crippen LogP contribution >= 0.6 is 0 Å². The number of rotatable bonds is 6. The Morgan fingerprint density at radius 1 is 1.06 bits per heavy atom. The van der Waals surface area contributed by atoms with Gasteiger partial charge in [-0.3, -0.25) is 4.79 Å². The Hall–Kier alpha value is -0.610. The van der Waals surface area contributed by atoms with Crippen molar-refractivity contribution in [2.75, 3.05) is 0 Å². The van der Waals surface area contributed by atoms with Crippen molar-refractivity contribution in [1.29, 1.82) is 0 Å². The Kier molecular flexibility index (Phi) is 6.00. The minimum atomic E-state index is -0.362. The summed E-state index contributed by atoms with van der Waals surface area (Å²) in [6, 6.07) is 0. The molecule has 0 amide bonds. The van der Waals surface area contributed by atoms with Crippen LogP contribution in [0.25, 0.3) is 0 Å². The summed E-state index contributed by atoms with van der Waals surface area (Å²) >= 11 is 0. The molecule has 5 rings (SSSR count). The first-order valence-electron chi connectivity index (χ1n) is 14.1. The van der Waals surface area contributed by atoms with E-state index in [9.17, 15) is 9.90 Å². The van der Waals surface area contributed by atoms with Gasteiger partial charge in [0.25, 0.3) is 0 Å². The summed E-state index contributed by atoms with van der Waals surface area (Å²) in [6.45, 7) is 13.7. The molecule has 0 bridgehead atoms. The highest BCUT2D eigenvalue weighted by atomic mass is 16.6. The fraction of sp³-hybridized carbons (Fsp3) is 0.966. The average molecular weight is 461 g/mol. The van der Waals surface area contributed by atoms with Crippen molar-refractivity contribution < 1.29 is 19.4 Å². The lowest BCUT2D eigenvalue weighted by molar-refractivity contribution is -0.166. The van der Waals surface area contributed by atoms with Crippen LogP contribution in [-0.2, 0) is 14.3 Å². The number of aliphatic hydroxyl groups is 1. The van der Waals surface area contributed by atoms with Crippen LogP contribution in [0, 0.1) is 46.3 Å². The van der Waals surface area contributed by atoms with Gasteiger partial charge in [0.15, 0.2) is 0 Å².